The molecule has 0 atom stereocenters. The molecular weight excluding hydrogens is 370 g/mol. The molecule has 0 amide bonds. The van der Waals surface area contributed by atoms with E-state index < -0.39 is 14.9 Å². The van der Waals surface area contributed by atoms with Crippen molar-refractivity contribution in [1.29, 1.82) is 0 Å². The van der Waals surface area contributed by atoms with Gasteiger partial charge in [0.05, 0.1) is 18.1 Å². The molecule has 0 unspecified atom stereocenters. The van der Waals surface area contributed by atoms with Crippen LogP contribution >= 0.6 is 0 Å². The maximum Gasteiger partial charge on any atom is 0.273 e. The summed E-state index contributed by atoms with van der Waals surface area (Å²) in [5.74, 6) is -0.0575. The molecule has 8 nitrogen and oxygen atoms in total. The molecule has 0 radical (unpaired) electrons. The van der Waals surface area contributed by atoms with Crippen LogP contribution in [0, 0.1) is 10.1 Å². The molecule has 9 heteroatoms. The number of nitro groups is 1. The number of nitrogens with one attached hydrogen (secondary N) is 1. The maximum absolute atomic E-state index is 12.5. The van der Waals surface area contributed by atoms with E-state index in [1.807, 2.05) is 37.4 Å². The minimum absolute atomic E-state index is 0.0575. The third-order valence-electron chi connectivity index (χ3n) is 3.95. The number of hydrogen-bond acceptors (Lipinski definition) is 6. The first-order valence-electron chi connectivity index (χ1n) is 8.38. The molecule has 0 spiro atoms. The van der Waals surface area contributed by atoms with Crippen LogP contribution < -0.4 is 9.46 Å². The van der Waals surface area contributed by atoms with Crippen molar-refractivity contribution in [3.05, 3.63) is 64.2 Å². The number of ether oxygens (including phenoxy) is 1. The van der Waals surface area contributed by atoms with Crippen molar-refractivity contribution in [2.75, 3.05) is 27.2 Å². The molecular formula is C18H23N3O5S. The van der Waals surface area contributed by atoms with Crippen molar-refractivity contribution in [2.45, 2.75) is 17.9 Å². The molecule has 146 valence electrons. The summed E-state index contributed by atoms with van der Waals surface area (Å²) in [6, 6.07) is 13.4. The second-order valence-corrected chi connectivity index (χ2v) is 7.80. The van der Waals surface area contributed by atoms with Crippen LogP contribution in [0.4, 0.5) is 5.69 Å². The summed E-state index contributed by atoms with van der Waals surface area (Å²) in [7, 11) is -0.571. The van der Waals surface area contributed by atoms with Crippen molar-refractivity contribution in [2.24, 2.45) is 0 Å². The van der Waals surface area contributed by atoms with Gasteiger partial charge in [-0.2, -0.15) is 0 Å². The molecule has 2 aromatic rings. The lowest BCUT2D eigenvalue weighted by molar-refractivity contribution is -0.385. The standard InChI is InChI=1S/C18H23N3O5S/c1-20(14-15-7-4-3-5-8-15)12-6-11-19-27(24,25)18-10-9-16(21(22)23)13-17(18)26-2/h3-5,7-10,13,19H,6,11-12,14H2,1-2H3. The van der Waals surface area contributed by atoms with E-state index in [9.17, 15) is 18.5 Å². The largest absolute Gasteiger partial charge is 0.495 e. The number of nitro benzene ring substituents is 1. The van der Waals surface area contributed by atoms with Crippen LogP contribution in [0.15, 0.2) is 53.4 Å². The zero-order valence-electron chi connectivity index (χ0n) is 15.3. The number of hydrogen-bond donors (Lipinski definition) is 1. The summed E-state index contributed by atoms with van der Waals surface area (Å²) >= 11 is 0. The lowest BCUT2D eigenvalue weighted by atomic mass is 10.2. The van der Waals surface area contributed by atoms with E-state index in [1.165, 1.54) is 18.7 Å². The molecule has 27 heavy (non-hydrogen) atoms. The Morgan fingerprint density at radius 2 is 1.89 bits per heavy atom. The molecule has 2 aromatic carbocycles. The zero-order valence-corrected chi connectivity index (χ0v) is 16.1. The number of rotatable bonds is 10. The average Bonchev–Trinajstić information content (AvgIpc) is 2.65. The number of nitrogens with zero attached hydrogens (tertiary/aromatic N) is 2. The van der Waals surface area contributed by atoms with Gasteiger partial charge in [0, 0.05) is 19.2 Å². The summed E-state index contributed by atoms with van der Waals surface area (Å²) in [6.07, 6.45) is 0.623. The van der Waals surface area contributed by atoms with Crippen LogP contribution in [0.2, 0.25) is 0 Å². The molecule has 0 saturated heterocycles. The predicted octanol–water partition coefficient (Wildman–Crippen LogP) is 2.40. The molecule has 0 heterocycles. The summed E-state index contributed by atoms with van der Waals surface area (Å²) in [6.45, 7) is 1.75. The minimum atomic E-state index is -3.82. The fourth-order valence-electron chi connectivity index (χ4n) is 2.60. The van der Waals surface area contributed by atoms with Gasteiger partial charge in [0.1, 0.15) is 10.6 Å². The summed E-state index contributed by atoms with van der Waals surface area (Å²) in [5.41, 5.74) is 0.963. The molecule has 0 aliphatic heterocycles. The Balaban J connectivity index is 1.90. The van der Waals surface area contributed by atoms with Crippen LogP contribution in [-0.2, 0) is 16.6 Å². The highest BCUT2D eigenvalue weighted by molar-refractivity contribution is 7.89. The van der Waals surface area contributed by atoms with Crippen molar-refractivity contribution < 1.29 is 18.1 Å². The molecule has 0 saturated carbocycles. The van der Waals surface area contributed by atoms with Gasteiger partial charge in [0.15, 0.2) is 0 Å². The van der Waals surface area contributed by atoms with Gasteiger partial charge in [-0.25, -0.2) is 13.1 Å². The lowest BCUT2D eigenvalue weighted by Gasteiger charge is -2.17. The summed E-state index contributed by atoms with van der Waals surface area (Å²) < 4.78 is 32.4. The van der Waals surface area contributed by atoms with Crippen molar-refractivity contribution in [1.82, 2.24) is 9.62 Å². The van der Waals surface area contributed by atoms with Crippen molar-refractivity contribution >= 4 is 15.7 Å². The van der Waals surface area contributed by atoms with Crippen LogP contribution in [0.1, 0.15) is 12.0 Å². The van der Waals surface area contributed by atoms with E-state index in [0.717, 1.165) is 25.2 Å². The van der Waals surface area contributed by atoms with Crippen LogP contribution in [0.5, 0.6) is 5.75 Å². The number of benzene rings is 2. The smallest absolute Gasteiger partial charge is 0.273 e. The third-order valence-corrected chi connectivity index (χ3v) is 5.45. The van der Waals surface area contributed by atoms with Gasteiger partial charge in [-0.3, -0.25) is 10.1 Å². The van der Waals surface area contributed by atoms with Gasteiger partial charge in [-0.1, -0.05) is 30.3 Å². The lowest BCUT2D eigenvalue weighted by Crippen LogP contribution is -2.28. The summed E-state index contributed by atoms with van der Waals surface area (Å²) in [4.78, 5) is 12.2. The monoisotopic (exact) mass is 393 g/mol. The molecule has 0 bridgehead atoms. The Bertz CT molecular complexity index is 872. The second kappa shape index (κ2) is 9.45. The third kappa shape index (κ3) is 6.02. The normalized spacial score (nSPS) is 11.5. The van der Waals surface area contributed by atoms with Gasteiger partial charge in [0.25, 0.3) is 5.69 Å². The Kier molecular flexibility index (Phi) is 7.28. The highest BCUT2D eigenvalue weighted by atomic mass is 32.2. The first-order valence-corrected chi connectivity index (χ1v) is 9.86. The predicted molar refractivity (Wildman–Crippen MR) is 102 cm³/mol. The molecule has 0 fully saturated rings. The SMILES string of the molecule is COc1cc([N+](=O)[O-])ccc1S(=O)(=O)NCCCN(C)Cc1ccccc1. The second-order valence-electron chi connectivity index (χ2n) is 6.07. The number of methoxy groups -OCH3 is 1. The number of non-ortho nitro benzene ring substituents is 1. The highest BCUT2D eigenvalue weighted by Gasteiger charge is 2.21. The first kappa shape index (κ1) is 20.8. The quantitative estimate of drug-likeness (QED) is 0.378. The van der Waals surface area contributed by atoms with Gasteiger partial charge in [0.2, 0.25) is 10.0 Å². The molecule has 1 N–H and O–H groups in total. The van der Waals surface area contributed by atoms with Crippen molar-refractivity contribution in [3.63, 3.8) is 0 Å². The van der Waals surface area contributed by atoms with E-state index in [1.54, 1.807) is 0 Å². The molecule has 0 aliphatic carbocycles. The zero-order chi connectivity index (χ0) is 19.9. The Labute approximate surface area is 159 Å². The maximum atomic E-state index is 12.5. The van der Waals surface area contributed by atoms with E-state index in [-0.39, 0.29) is 22.9 Å². The topological polar surface area (TPSA) is 102 Å². The molecule has 0 aromatic heterocycles. The van der Waals surface area contributed by atoms with Gasteiger partial charge in [-0.15, -0.1) is 0 Å². The molecule has 2 rings (SSSR count). The van der Waals surface area contributed by atoms with E-state index in [2.05, 4.69) is 9.62 Å². The van der Waals surface area contributed by atoms with Crippen molar-refractivity contribution in [3.8, 4) is 5.75 Å². The van der Waals surface area contributed by atoms with Gasteiger partial charge in [-0.05, 0) is 31.6 Å². The highest BCUT2D eigenvalue weighted by Crippen LogP contribution is 2.28. The van der Waals surface area contributed by atoms with Crippen LogP contribution in [-0.4, -0.2) is 45.5 Å². The van der Waals surface area contributed by atoms with Gasteiger partial charge < -0.3 is 9.64 Å². The minimum Gasteiger partial charge on any atom is -0.495 e. The fraction of sp³-hybridized carbons (Fsp3) is 0.333. The Morgan fingerprint density at radius 3 is 2.52 bits per heavy atom. The first-order chi connectivity index (χ1) is 12.8. The average molecular weight is 393 g/mol. The van der Waals surface area contributed by atoms with E-state index in [0.29, 0.717) is 6.42 Å². The van der Waals surface area contributed by atoms with Crippen LogP contribution in [0.3, 0.4) is 0 Å². The van der Waals surface area contributed by atoms with E-state index in [4.69, 9.17) is 4.74 Å². The van der Waals surface area contributed by atoms with Gasteiger partial charge >= 0.3 is 0 Å². The Morgan fingerprint density at radius 1 is 1.19 bits per heavy atom. The fourth-order valence-corrected chi connectivity index (χ4v) is 3.82. The summed E-state index contributed by atoms with van der Waals surface area (Å²) in [5, 5.41) is 10.8. The van der Waals surface area contributed by atoms with E-state index >= 15 is 0 Å². The Hall–Kier alpha value is -2.49. The van der Waals surface area contributed by atoms with Crippen LogP contribution in [0.25, 0.3) is 0 Å². The number of sulfonamides is 1. The molecule has 0 aliphatic rings.